The summed E-state index contributed by atoms with van der Waals surface area (Å²) < 4.78 is 5.33. The van der Waals surface area contributed by atoms with Crippen molar-refractivity contribution in [1.82, 2.24) is 0 Å². The maximum Gasteiger partial charge on any atom is 0.157 e. The molecule has 1 N–H and O–H groups in total. The molecule has 2 fully saturated rings. The molecule has 1 aliphatic carbocycles. The highest BCUT2D eigenvalue weighted by Crippen LogP contribution is 2.50. The van der Waals surface area contributed by atoms with Gasteiger partial charge in [-0.3, -0.25) is 0 Å². The predicted molar refractivity (Wildman–Crippen MR) is 32.8 cm³/mol. The topological polar surface area (TPSA) is 29.5 Å². The van der Waals surface area contributed by atoms with E-state index in [1.807, 2.05) is 6.92 Å². The fraction of sp³-hybridized carbons (Fsp3) is 1.00. The van der Waals surface area contributed by atoms with Crippen LogP contribution >= 0.6 is 0 Å². The fourth-order valence-electron chi connectivity index (χ4n) is 1.57. The first kappa shape index (κ1) is 5.69. The van der Waals surface area contributed by atoms with Gasteiger partial charge in [-0.05, 0) is 19.3 Å². The summed E-state index contributed by atoms with van der Waals surface area (Å²) in [5.74, 6) is 0.354. The maximum absolute atomic E-state index is 9.15. The van der Waals surface area contributed by atoms with Crippen LogP contribution in [0.3, 0.4) is 0 Å². The van der Waals surface area contributed by atoms with Crippen molar-refractivity contribution in [1.29, 1.82) is 0 Å². The zero-order chi connectivity index (χ0) is 6.48. The lowest BCUT2D eigenvalue weighted by Crippen LogP contribution is -2.12. The Labute approximate surface area is 54.8 Å². The van der Waals surface area contributed by atoms with Crippen LogP contribution in [0.1, 0.15) is 26.2 Å². The average molecular weight is 128 g/mol. The summed E-state index contributed by atoms with van der Waals surface area (Å²) in [6.45, 7) is 2.04. The third kappa shape index (κ3) is 0.775. The lowest BCUT2D eigenvalue weighted by Gasteiger charge is -2.05. The molecular weight excluding hydrogens is 116 g/mol. The van der Waals surface area contributed by atoms with Crippen LogP contribution in [-0.4, -0.2) is 17.0 Å². The summed E-state index contributed by atoms with van der Waals surface area (Å²) in [5.41, 5.74) is 0.138. The second-order valence-corrected chi connectivity index (χ2v) is 3.37. The van der Waals surface area contributed by atoms with E-state index in [2.05, 4.69) is 0 Å². The van der Waals surface area contributed by atoms with Gasteiger partial charge in [0.2, 0.25) is 0 Å². The fourth-order valence-corrected chi connectivity index (χ4v) is 1.57. The van der Waals surface area contributed by atoms with Gasteiger partial charge in [0.05, 0.1) is 5.60 Å². The van der Waals surface area contributed by atoms with E-state index in [0.717, 1.165) is 19.3 Å². The van der Waals surface area contributed by atoms with Crippen LogP contribution in [0.2, 0.25) is 0 Å². The number of ether oxygens (including phenoxy) is 1. The molecule has 1 heterocycles. The van der Waals surface area contributed by atoms with Crippen molar-refractivity contribution in [2.24, 2.45) is 5.92 Å². The summed E-state index contributed by atoms with van der Waals surface area (Å²) in [4.78, 5) is 0. The Morgan fingerprint density at radius 1 is 1.56 bits per heavy atom. The monoisotopic (exact) mass is 128 g/mol. The summed E-state index contributed by atoms with van der Waals surface area (Å²) in [7, 11) is 0. The molecule has 1 saturated heterocycles. The molecule has 0 amide bonds. The first-order valence-electron chi connectivity index (χ1n) is 3.58. The Hall–Kier alpha value is -0.0800. The lowest BCUT2D eigenvalue weighted by molar-refractivity contribution is -0.113. The van der Waals surface area contributed by atoms with E-state index < -0.39 is 6.29 Å². The molecule has 0 aromatic carbocycles. The first-order valence-corrected chi connectivity index (χ1v) is 3.58. The zero-order valence-electron chi connectivity index (χ0n) is 5.63. The zero-order valence-corrected chi connectivity index (χ0v) is 5.63. The van der Waals surface area contributed by atoms with Crippen molar-refractivity contribution in [3.8, 4) is 0 Å². The van der Waals surface area contributed by atoms with E-state index in [0.29, 0.717) is 5.92 Å². The van der Waals surface area contributed by atoms with Crippen LogP contribution in [0.25, 0.3) is 0 Å². The molecule has 0 aromatic heterocycles. The Bertz CT molecular complexity index is 117. The number of hydrogen-bond donors (Lipinski definition) is 1. The second-order valence-electron chi connectivity index (χ2n) is 3.37. The molecule has 0 bridgehead atoms. The van der Waals surface area contributed by atoms with Crippen LogP contribution in [-0.2, 0) is 4.74 Å². The molecule has 0 aromatic rings. The number of aliphatic hydroxyl groups excluding tert-OH is 1. The lowest BCUT2D eigenvalue weighted by atomic mass is 10.1. The van der Waals surface area contributed by atoms with E-state index in [1.165, 1.54) is 0 Å². The summed E-state index contributed by atoms with van der Waals surface area (Å²) in [5, 5.41) is 9.15. The predicted octanol–water partition coefficient (Wildman–Crippen LogP) is 0.894. The molecule has 0 radical (unpaired) electrons. The van der Waals surface area contributed by atoms with Crippen LogP contribution < -0.4 is 0 Å². The summed E-state index contributed by atoms with van der Waals surface area (Å²) in [6.07, 6.45) is 2.91. The highest BCUT2D eigenvalue weighted by Gasteiger charge is 2.52. The Morgan fingerprint density at radius 3 is 2.44 bits per heavy atom. The van der Waals surface area contributed by atoms with Gasteiger partial charge in [-0.25, -0.2) is 0 Å². The quantitative estimate of drug-likeness (QED) is 0.525. The molecule has 1 saturated carbocycles. The third-order valence-electron chi connectivity index (χ3n) is 2.36. The molecular formula is C7H12O2. The number of rotatable bonds is 0. The van der Waals surface area contributed by atoms with Crippen molar-refractivity contribution < 1.29 is 9.84 Å². The SMILES string of the molecule is CC1CC2(CC2)OC1O. The number of aliphatic hydroxyl groups is 1. The smallest absolute Gasteiger partial charge is 0.157 e. The van der Waals surface area contributed by atoms with Gasteiger partial charge in [0.1, 0.15) is 0 Å². The van der Waals surface area contributed by atoms with Gasteiger partial charge < -0.3 is 9.84 Å². The third-order valence-corrected chi connectivity index (χ3v) is 2.36. The van der Waals surface area contributed by atoms with E-state index in [4.69, 9.17) is 9.84 Å². The van der Waals surface area contributed by atoms with Gasteiger partial charge in [0.25, 0.3) is 0 Å². The van der Waals surface area contributed by atoms with Crippen molar-refractivity contribution >= 4 is 0 Å². The largest absolute Gasteiger partial charge is 0.368 e. The van der Waals surface area contributed by atoms with Crippen LogP contribution in [0.4, 0.5) is 0 Å². The summed E-state index contributed by atoms with van der Waals surface area (Å²) >= 11 is 0. The van der Waals surface area contributed by atoms with Crippen molar-refractivity contribution in [3.05, 3.63) is 0 Å². The molecule has 2 heteroatoms. The van der Waals surface area contributed by atoms with Gasteiger partial charge >= 0.3 is 0 Å². The highest BCUT2D eigenvalue weighted by atomic mass is 16.6. The molecule has 2 atom stereocenters. The Kier molecular flexibility index (Phi) is 0.945. The molecule has 2 nitrogen and oxygen atoms in total. The molecule has 1 aliphatic heterocycles. The average Bonchev–Trinajstić information content (AvgIpc) is 2.42. The molecule has 2 aliphatic rings. The van der Waals surface area contributed by atoms with Gasteiger partial charge in [0, 0.05) is 5.92 Å². The normalized spacial score (nSPS) is 46.0. The minimum atomic E-state index is -0.479. The van der Waals surface area contributed by atoms with Crippen molar-refractivity contribution in [3.63, 3.8) is 0 Å². The Balaban J connectivity index is 2.06. The van der Waals surface area contributed by atoms with Gasteiger partial charge in [-0.15, -0.1) is 0 Å². The number of hydrogen-bond acceptors (Lipinski definition) is 2. The van der Waals surface area contributed by atoms with Crippen LogP contribution in [0.15, 0.2) is 0 Å². The van der Waals surface area contributed by atoms with Gasteiger partial charge in [0.15, 0.2) is 6.29 Å². The minimum absolute atomic E-state index is 0.138. The first-order chi connectivity index (χ1) is 4.22. The van der Waals surface area contributed by atoms with E-state index in [9.17, 15) is 0 Å². The molecule has 1 spiro atoms. The second kappa shape index (κ2) is 1.50. The minimum Gasteiger partial charge on any atom is -0.368 e. The molecule has 52 valence electrons. The van der Waals surface area contributed by atoms with E-state index in [1.54, 1.807) is 0 Å². The van der Waals surface area contributed by atoms with E-state index in [-0.39, 0.29) is 5.60 Å². The molecule has 2 unspecified atom stereocenters. The maximum atomic E-state index is 9.15. The van der Waals surface area contributed by atoms with Crippen molar-refractivity contribution in [2.45, 2.75) is 38.1 Å². The van der Waals surface area contributed by atoms with Crippen molar-refractivity contribution in [2.75, 3.05) is 0 Å². The van der Waals surface area contributed by atoms with E-state index >= 15 is 0 Å². The summed E-state index contributed by atoms with van der Waals surface area (Å²) in [6, 6.07) is 0. The molecule has 9 heavy (non-hydrogen) atoms. The van der Waals surface area contributed by atoms with Crippen LogP contribution in [0.5, 0.6) is 0 Å². The van der Waals surface area contributed by atoms with Gasteiger partial charge in [-0.1, -0.05) is 6.92 Å². The standard InChI is InChI=1S/C7H12O2/c1-5-4-7(2-3-7)9-6(5)8/h5-6,8H,2-4H2,1H3. The Morgan fingerprint density at radius 2 is 2.22 bits per heavy atom. The molecule has 2 rings (SSSR count). The van der Waals surface area contributed by atoms with Gasteiger partial charge in [-0.2, -0.15) is 0 Å². The highest BCUT2D eigenvalue weighted by molar-refractivity contribution is 5.01. The van der Waals surface area contributed by atoms with Crippen LogP contribution in [0, 0.1) is 5.92 Å².